The average Bonchev–Trinajstić information content (AvgIpc) is 2.19. The summed E-state index contributed by atoms with van der Waals surface area (Å²) in [6.45, 7) is 2.17. The van der Waals surface area contributed by atoms with Gasteiger partial charge in [0, 0.05) is 6.42 Å². The molecule has 0 aromatic rings. The Kier molecular flexibility index (Phi) is 4.26. The highest BCUT2D eigenvalue weighted by atomic mass is 16.5. The van der Waals surface area contributed by atoms with Crippen molar-refractivity contribution in [1.82, 2.24) is 0 Å². The predicted octanol–water partition coefficient (Wildman–Crippen LogP) is 2.77. The molecule has 13 heavy (non-hydrogen) atoms. The van der Waals surface area contributed by atoms with Crippen molar-refractivity contribution in [2.45, 2.75) is 45.4 Å². The van der Waals surface area contributed by atoms with E-state index >= 15 is 0 Å². The van der Waals surface area contributed by atoms with Crippen molar-refractivity contribution in [3.8, 4) is 0 Å². The van der Waals surface area contributed by atoms with Crippen LogP contribution >= 0.6 is 0 Å². The molecule has 0 saturated heterocycles. The van der Waals surface area contributed by atoms with Crippen LogP contribution in [0.15, 0.2) is 0 Å². The fourth-order valence-electron chi connectivity index (χ4n) is 2.22. The molecule has 0 amide bonds. The molecule has 1 rings (SSSR count). The average molecular weight is 184 g/mol. The Bertz CT molecular complexity index is 159. The van der Waals surface area contributed by atoms with Gasteiger partial charge in [0.05, 0.1) is 7.11 Å². The molecule has 0 heterocycles. The van der Waals surface area contributed by atoms with Crippen molar-refractivity contribution < 1.29 is 9.53 Å². The number of hydrogen-bond acceptors (Lipinski definition) is 2. The summed E-state index contributed by atoms with van der Waals surface area (Å²) in [6, 6.07) is 0. The van der Waals surface area contributed by atoms with Gasteiger partial charge in [-0.1, -0.05) is 39.0 Å². The molecule has 1 fully saturated rings. The third kappa shape index (κ3) is 3.37. The fraction of sp³-hybridized carbons (Fsp3) is 0.909. The first kappa shape index (κ1) is 10.6. The van der Waals surface area contributed by atoms with Crippen molar-refractivity contribution in [3.63, 3.8) is 0 Å². The summed E-state index contributed by atoms with van der Waals surface area (Å²) >= 11 is 0. The quantitative estimate of drug-likeness (QED) is 0.630. The number of esters is 1. The van der Waals surface area contributed by atoms with E-state index < -0.39 is 0 Å². The minimum atomic E-state index is -0.0573. The summed E-state index contributed by atoms with van der Waals surface area (Å²) in [5.41, 5.74) is 0. The van der Waals surface area contributed by atoms with E-state index in [4.69, 9.17) is 0 Å². The molecule has 0 bridgehead atoms. The summed E-state index contributed by atoms with van der Waals surface area (Å²) in [6.07, 6.45) is 7.27. The molecule has 1 atom stereocenters. The molecule has 0 aromatic carbocycles. The maximum absolute atomic E-state index is 11.0. The molecule has 0 aliphatic heterocycles. The molecular weight excluding hydrogens is 164 g/mol. The number of methoxy groups -OCH3 is 1. The van der Waals surface area contributed by atoms with Crippen molar-refractivity contribution in [2.24, 2.45) is 11.8 Å². The molecule has 2 heteroatoms. The SMILES string of the molecule is COC(=O)CC(C)C1CCCCC1. The topological polar surface area (TPSA) is 26.3 Å². The normalized spacial score (nSPS) is 21.1. The van der Waals surface area contributed by atoms with Crippen molar-refractivity contribution in [2.75, 3.05) is 7.11 Å². The second kappa shape index (κ2) is 5.25. The van der Waals surface area contributed by atoms with Crippen LogP contribution < -0.4 is 0 Å². The summed E-state index contributed by atoms with van der Waals surface area (Å²) in [5, 5.41) is 0. The highest BCUT2D eigenvalue weighted by Gasteiger charge is 2.22. The van der Waals surface area contributed by atoms with Gasteiger partial charge >= 0.3 is 5.97 Å². The second-order valence-corrected chi connectivity index (χ2v) is 4.16. The third-order valence-corrected chi connectivity index (χ3v) is 3.17. The second-order valence-electron chi connectivity index (χ2n) is 4.16. The van der Waals surface area contributed by atoms with Crippen LogP contribution in [-0.4, -0.2) is 13.1 Å². The van der Waals surface area contributed by atoms with Crippen molar-refractivity contribution in [3.05, 3.63) is 0 Å². The van der Waals surface area contributed by atoms with Gasteiger partial charge in [-0.2, -0.15) is 0 Å². The highest BCUT2D eigenvalue weighted by molar-refractivity contribution is 5.69. The molecule has 1 aliphatic carbocycles. The van der Waals surface area contributed by atoms with Gasteiger partial charge in [0.1, 0.15) is 0 Å². The smallest absolute Gasteiger partial charge is 0.305 e. The zero-order valence-corrected chi connectivity index (χ0v) is 8.71. The Hall–Kier alpha value is -0.530. The largest absolute Gasteiger partial charge is 0.469 e. The lowest BCUT2D eigenvalue weighted by Crippen LogP contribution is -2.18. The van der Waals surface area contributed by atoms with E-state index in [-0.39, 0.29) is 5.97 Å². The lowest BCUT2D eigenvalue weighted by Gasteiger charge is -2.26. The molecule has 76 valence electrons. The van der Waals surface area contributed by atoms with Crippen LogP contribution in [0.4, 0.5) is 0 Å². The molecule has 1 saturated carbocycles. The van der Waals surface area contributed by atoms with E-state index in [1.165, 1.54) is 39.2 Å². The van der Waals surface area contributed by atoms with Crippen LogP contribution in [0.25, 0.3) is 0 Å². The molecule has 0 N–H and O–H groups in total. The van der Waals surface area contributed by atoms with Crippen LogP contribution in [0.3, 0.4) is 0 Å². The van der Waals surface area contributed by atoms with Gasteiger partial charge in [0.15, 0.2) is 0 Å². The lowest BCUT2D eigenvalue weighted by atomic mass is 9.79. The molecule has 0 radical (unpaired) electrons. The molecule has 0 aromatic heterocycles. The van der Waals surface area contributed by atoms with Crippen LogP contribution in [0.5, 0.6) is 0 Å². The first-order valence-corrected chi connectivity index (χ1v) is 5.31. The van der Waals surface area contributed by atoms with Gasteiger partial charge in [-0.05, 0) is 11.8 Å². The standard InChI is InChI=1S/C11H20O2/c1-9(8-11(12)13-2)10-6-4-3-5-7-10/h9-10H,3-8H2,1-2H3. The Labute approximate surface area is 80.7 Å². The fourth-order valence-corrected chi connectivity index (χ4v) is 2.22. The summed E-state index contributed by atoms with van der Waals surface area (Å²) in [7, 11) is 1.47. The number of carbonyl (C=O) groups excluding carboxylic acids is 1. The van der Waals surface area contributed by atoms with E-state index in [2.05, 4.69) is 11.7 Å². The van der Waals surface area contributed by atoms with E-state index in [1.807, 2.05) is 0 Å². The number of hydrogen-bond donors (Lipinski definition) is 0. The molecule has 1 aliphatic rings. The van der Waals surface area contributed by atoms with Crippen LogP contribution in [-0.2, 0) is 9.53 Å². The first-order valence-electron chi connectivity index (χ1n) is 5.31. The molecular formula is C11H20O2. The van der Waals surface area contributed by atoms with Crippen LogP contribution in [0.1, 0.15) is 45.4 Å². The number of carbonyl (C=O) groups is 1. The highest BCUT2D eigenvalue weighted by Crippen LogP contribution is 2.31. The van der Waals surface area contributed by atoms with Gasteiger partial charge in [-0.3, -0.25) is 4.79 Å². The maximum Gasteiger partial charge on any atom is 0.305 e. The van der Waals surface area contributed by atoms with Crippen LogP contribution in [0, 0.1) is 11.8 Å². The Morgan fingerprint density at radius 1 is 1.38 bits per heavy atom. The summed E-state index contributed by atoms with van der Waals surface area (Å²) in [4.78, 5) is 11.0. The van der Waals surface area contributed by atoms with Gasteiger partial charge in [-0.25, -0.2) is 0 Å². The first-order chi connectivity index (χ1) is 6.24. The molecule has 0 spiro atoms. The summed E-state index contributed by atoms with van der Waals surface area (Å²) in [5.74, 6) is 1.21. The van der Waals surface area contributed by atoms with E-state index in [1.54, 1.807) is 0 Å². The lowest BCUT2D eigenvalue weighted by molar-refractivity contribution is -0.142. The predicted molar refractivity (Wildman–Crippen MR) is 52.4 cm³/mol. The zero-order valence-electron chi connectivity index (χ0n) is 8.71. The monoisotopic (exact) mass is 184 g/mol. The van der Waals surface area contributed by atoms with Gasteiger partial charge in [-0.15, -0.1) is 0 Å². The van der Waals surface area contributed by atoms with Gasteiger partial charge < -0.3 is 4.74 Å². The Morgan fingerprint density at radius 3 is 2.54 bits per heavy atom. The Morgan fingerprint density at radius 2 is 2.00 bits per heavy atom. The van der Waals surface area contributed by atoms with Gasteiger partial charge in [0.2, 0.25) is 0 Å². The maximum atomic E-state index is 11.0. The number of ether oxygens (including phenoxy) is 1. The van der Waals surface area contributed by atoms with E-state index in [0.29, 0.717) is 12.3 Å². The Balaban J connectivity index is 2.28. The van der Waals surface area contributed by atoms with Gasteiger partial charge in [0.25, 0.3) is 0 Å². The molecule has 2 nitrogen and oxygen atoms in total. The minimum absolute atomic E-state index is 0.0573. The van der Waals surface area contributed by atoms with E-state index in [0.717, 1.165) is 5.92 Å². The number of rotatable bonds is 3. The summed E-state index contributed by atoms with van der Waals surface area (Å²) < 4.78 is 4.67. The third-order valence-electron chi connectivity index (χ3n) is 3.17. The zero-order chi connectivity index (χ0) is 9.68. The van der Waals surface area contributed by atoms with Crippen LogP contribution in [0.2, 0.25) is 0 Å². The van der Waals surface area contributed by atoms with Crippen molar-refractivity contribution in [1.29, 1.82) is 0 Å². The minimum Gasteiger partial charge on any atom is -0.469 e. The van der Waals surface area contributed by atoms with E-state index in [9.17, 15) is 4.79 Å². The molecule has 1 unspecified atom stereocenters. The van der Waals surface area contributed by atoms with Crippen molar-refractivity contribution >= 4 is 5.97 Å².